The molecule has 13 heavy (non-hydrogen) atoms. The maximum atomic E-state index is 10.9. The number of piperidine rings is 1. The molecular formula is C9H19NO2S. The van der Waals surface area contributed by atoms with E-state index in [1.165, 1.54) is 19.1 Å². The van der Waals surface area contributed by atoms with Crippen LogP contribution in [0.25, 0.3) is 0 Å². The second-order valence-corrected chi connectivity index (χ2v) is 6.24. The lowest BCUT2D eigenvalue weighted by atomic mass is 9.95. The Labute approximate surface area is 80.8 Å². The van der Waals surface area contributed by atoms with Crippen molar-refractivity contribution in [1.82, 2.24) is 5.32 Å². The van der Waals surface area contributed by atoms with Gasteiger partial charge in [0.15, 0.2) is 0 Å². The summed E-state index contributed by atoms with van der Waals surface area (Å²) in [6, 6.07) is 0. The summed E-state index contributed by atoms with van der Waals surface area (Å²) in [5.74, 6) is 1.05. The van der Waals surface area contributed by atoms with Crippen LogP contribution in [-0.4, -0.2) is 33.5 Å². The highest BCUT2D eigenvalue weighted by molar-refractivity contribution is 7.90. The van der Waals surface area contributed by atoms with E-state index in [9.17, 15) is 8.42 Å². The molecule has 1 heterocycles. The maximum Gasteiger partial charge on any atom is 0.147 e. The van der Waals surface area contributed by atoms with Gasteiger partial charge < -0.3 is 5.32 Å². The molecule has 0 spiro atoms. The van der Waals surface area contributed by atoms with Gasteiger partial charge in [0.05, 0.1) is 0 Å². The molecule has 0 aromatic heterocycles. The molecule has 0 amide bonds. The van der Waals surface area contributed by atoms with E-state index in [1.54, 1.807) is 0 Å². The SMILES string of the molecule is CS(=O)(=O)CCCC1CCCNC1. The summed E-state index contributed by atoms with van der Waals surface area (Å²) in [6.45, 7) is 2.20. The van der Waals surface area contributed by atoms with E-state index in [0.29, 0.717) is 11.7 Å². The Morgan fingerprint density at radius 3 is 2.77 bits per heavy atom. The van der Waals surface area contributed by atoms with Gasteiger partial charge in [0.25, 0.3) is 0 Å². The Morgan fingerprint density at radius 1 is 1.46 bits per heavy atom. The molecule has 0 aromatic rings. The van der Waals surface area contributed by atoms with E-state index in [2.05, 4.69) is 5.32 Å². The summed E-state index contributed by atoms with van der Waals surface area (Å²) in [7, 11) is -2.75. The lowest BCUT2D eigenvalue weighted by Crippen LogP contribution is -2.29. The van der Waals surface area contributed by atoms with Crippen molar-refractivity contribution in [2.45, 2.75) is 25.7 Å². The van der Waals surface area contributed by atoms with Crippen molar-refractivity contribution in [3.8, 4) is 0 Å². The topological polar surface area (TPSA) is 46.2 Å². The van der Waals surface area contributed by atoms with Gasteiger partial charge in [-0.2, -0.15) is 0 Å². The van der Waals surface area contributed by atoms with Gasteiger partial charge in [-0.1, -0.05) is 0 Å². The Hall–Kier alpha value is -0.0900. The van der Waals surface area contributed by atoms with Gasteiger partial charge in [-0.3, -0.25) is 0 Å². The molecule has 1 aliphatic heterocycles. The molecule has 0 aromatic carbocycles. The summed E-state index contributed by atoms with van der Waals surface area (Å²) in [5, 5.41) is 3.33. The predicted octanol–water partition coefficient (Wildman–Crippen LogP) is 0.811. The molecule has 1 saturated heterocycles. The fourth-order valence-electron chi connectivity index (χ4n) is 1.80. The quantitative estimate of drug-likeness (QED) is 0.739. The van der Waals surface area contributed by atoms with Gasteiger partial charge in [0.2, 0.25) is 0 Å². The fourth-order valence-corrected chi connectivity index (χ4v) is 2.50. The van der Waals surface area contributed by atoms with E-state index >= 15 is 0 Å². The third-order valence-corrected chi connectivity index (χ3v) is 3.56. The molecule has 1 fully saturated rings. The molecule has 1 rings (SSSR count). The van der Waals surface area contributed by atoms with Crippen LogP contribution in [0.2, 0.25) is 0 Å². The molecule has 1 unspecified atom stereocenters. The first-order valence-electron chi connectivity index (χ1n) is 4.96. The third kappa shape index (κ3) is 5.26. The fraction of sp³-hybridized carbons (Fsp3) is 1.00. The van der Waals surface area contributed by atoms with Crippen LogP contribution >= 0.6 is 0 Å². The van der Waals surface area contributed by atoms with E-state index in [0.717, 1.165) is 25.9 Å². The molecule has 78 valence electrons. The molecule has 0 bridgehead atoms. The van der Waals surface area contributed by atoms with Crippen LogP contribution < -0.4 is 5.32 Å². The van der Waals surface area contributed by atoms with Crippen molar-refractivity contribution in [1.29, 1.82) is 0 Å². The lowest BCUT2D eigenvalue weighted by Gasteiger charge is -2.22. The Kier molecular flexibility index (Phi) is 4.19. The van der Waals surface area contributed by atoms with Crippen LogP contribution in [0.1, 0.15) is 25.7 Å². The van der Waals surface area contributed by atoms with Crippen molar-refractivity contribution in [2.24, 2.45) is 5.92 Å². The Bertz CT molecular complexity index is 230. The standard InChI is InChI=1S/C9H19NO2S/c1-13(11,12)7-3-5-9-4-2-6-10-8-9/h9-10H,2-8H2,1H3. The van der Waals surface area contributed by atoms with Crippen LogP contribution in [0.4, 0.5) is 0 Å². The highest BCUT2D eigenvalue weighted by atomic mass is 32.2. The van der Waals surface area contributed by atoms with Gasteiger partial charge in [0.1, 0.15) is 9.84 Å². The Balaban J connectivity index is 2.11. The molecule has 1 N–H and O–H groups in total. The highest BCUT2D eigenvalue weighted by Gasteiger charge is 2.13. The highest BCUT2D eigenvalue weighted by Crippen LogP contribution is 2.15. The van der Waals surface area contributed by atoms with Gasteiger partial charge in [-0.25, -0.2) is 8.42 Å². The zero-order valence-corrected chi connectivity index (χ0v) is 9.07. The first-order valence-corrected chi connectivity index (χ1v) is 7.02. The minimum Gasteiger partial charge on any atom is -0.316 e. The second kappa shape index (κ2) is 4.96. The number of hydrogen-bond acceptors (Lipinski definition) is 3. The van der Waals surface area contributed by atoms with E-state index < -0.39 is 9.84 Å². The van der Waals surface area contributed by atoms with Gasteiger partial charge in [-0.05, 0) is 44.7 Å². The number of rotatable bonds is 4. The van der Waals surface area contributed by atoms with E-state index in [1.807, 2.05) is 0 Å². The zero-order valence-electron chi connectivity index (χ0n) is 8.25. The lowest BCUT2D eigenvalue weighted by molar-refractivity contribution is 0.355. The summed E-state index contributed by atoms with van der Waals surface area (Å²) < 4.78 is 21.7. The number of hydrogen-bond donors (Lipinski definition) is 1. The van der Waals surface area contributed by atoms with Crippen LogP contribution in [0.3, 0.4) is 0 Å². The maximum absolute atomic E-state index is 10.9. The van der Waals surface area contributed by atoms with Crippen LogP contribution in [-0.2, 0) is 9.84 Å². The molecule has 1 atom stereocenters. The van der Waals surface area contributed by atoms with E-state index in [-0.39, 0.29) is 0 Å². The average Bonchev–Trinajstić information content (AvgIpc) is 2.04. The molecule has 3 nitrogen and oxygen atoms in total. The van der Waals surface area contributed by atoms with Crippen LogP contribution in [0.15, 0.2) is 0 Å². The normalized spacial score (nSPS) is 24.5. The minimum absolute atomic E-state index is 0.351. The van der Waals surface area contributed by atoms with Crippen molar-refractivity contribution < 1.29 is 8.42 Å². The first kappa shape index (κ1) is 11.0. The summed E-state index contributed by atoms with van der Waals surface area (Å²) in [6.07, 6.45) is 5.69. The third-order valence-electron chi connectivity index (χ3n) is 2.53. The molecule has 4 heteroatoms. The molecule has 0 aliphatic carbocycles. The first-order chi connectivity index (χ1) is 6.08. The van der Waals surface area contributed by atoms with Crippen molar-refractivity contribution in [2.75, 3.05) is 25.1 Å². The summed E-state index contributed by atoms with van der Waals surface area (Å²) in [4.78, 5) is 0. The molecule has 1 aliphatic rings. The number of nitrogens with one attached hydrogen (secondary N) is 1. The van der Waals surface area contributed by atoms with Gasteiger partial charge >= 0.3 is 0 Å². The predicted molar refractivity (Wildman–Crippen MR) is 54.5 cm³/mol. The second-order valence-electron chi connectivity index (χ2n) is 3.98. The average molecular weight is 205 g/mol. The van der Waals surface area contributed by atoms with E-state index in [4.69, 9.17) is 0 Å². The largest absolute Gasteiger partial charge is 0.316 e. The van der Waals surface area contributed by atoms with Gasteiger partial charge in [-0.15, -0.1) is 0 Å². The minimum atomic E-state index is -2.75. The van der Waals surface area contributed by atoms with Gasteiger partial charge in [0, 0.05) is 12.0 Å². The molecular weight excluding hydrogens is 186 g/mol. The van der Waals surface area contributed by atoms with Crippen LogP contribution in [0, 0.1) is 5.92 Å². The zero-order chi connectivity index (χ0) is 9.73. The Morgan fingerprint density at radius 2 is 2.23 bits per heavy atom. The van der Waals surface area contributed by atoms with Crippen LogP contribution in [0.5, 0.6) is 0 Å². The summed E-state index contributed by atoms with van der Waals surface area (Å²) in [5.41, 5.74) is 0. The smallest absolute Gasteiger partial charge is 0.147 e. The molecule has 0 radical (unpaired) electrons. The van der Waals surface area contributed by atoms with Crippen molar-refractivity contribution in [3.05, 3.63) is 0 Å². The molecule has 0 saturated carbocycles. The monoisotopic (exact) mass is 205 g/mol. The van der Waals surface area contributed by atoms with Crippen molar-refractivity contribution >= 4 is 9.84 Å². The van der Waals surface area contributed by atoms with Crippen molar-refractivity contribution in [3.63, 3.8) is 0 Å². The summed E-state index contributed by atoms with van der Waals surface area (Å²) >= 11 is 0. The number of sulfone groups is 1.